The van der Waals surface area contributed by atoms with Gasteiger partial charge in [0.15, 0.2) is 0 Å². The summed E-state index contributed by atoms with van der Waals surface area (Å²) in [6, 6.07) is 9.99. The molecule has 0 fully saturated rings. The number of nitro groups is 1. The van der Waals surface area contributed by atoms with Crippen LogP contribution < -0.4 is 5.32 Å². The van der Waals surface area contributed by atoms with Crippen molar-refractivity contribution in [3.05, 3.63) is 65.7 Å². The smallest absolute Gasteiger partial charge is 0.284 e. The van der Waals surface area contributed by atoms with Crippen molar-refractivity contribution in [1.82, 2.24) is 0 Å². The second kappa shape index (κ2) is 6.52. The third kappa shape index (κ3) is 3.59. The number of benzene rings is 2. The molecule has 108 valence electrons. The lowest BCUT2D eigenvalue weighted by atomic mass is 10.1. The number of anilines is 1. The van der Waals surface area contributed by atoms with Gasteiger partial charge in [0.25, 0.3) is 11.6 Å². The zero-order valence-electron chi connectivity index (χ0n) is 10.9. The van der Waals surface area contributed by atoms with Crippen molar-refractivity contribution in [2.45, 2.75) is 6.92 Å². The van der Waals surface area contributed by atoms with E-state index in [-0.39, 0.29) is 15.7 Å². The lowest BCUT2D eigenvalue weighted by Crippen LogP contribution is -2.14. The van der Waals surface area contributed by atoms with Crippen LogP contribution in [0.5, 0.6) is 0 Å². The Bertz CT molecular complexity index is 734. The van der Waals surface area contributed by atoms with E-state index in [1.54, 1.807) is 6.07 Å². The molecule has 0 heterocycles. The van der Waals surface area contributed by atoms with Gasteiger partial charge in [0.1, 0.15) is 4.47 Å². The van der Waals surface area contributed by atoms with Crippen molar-refractivity contribution in [2.24, 2.45) is 0 Å². The zero-order valence-corrected chi connectivity index (χ0v) is 14.6. The third-order valence-corrected chi connectivity index (χ3v) is 4.36. The van der Waals surface area contributed by atoms with E-state index >= 15 is 0 Å². The summed E-state index contributed by atoms with van der Waals surface area (Å²) in [5.74, 6) is -0.394. The molecule has 0 radical (unpaired) electrons. The molecule has 0 saturated heterocycles. The maximum atomic E-state index is 12.3. The van der Waals surface area contributed by atoms with Crippen molar-refractivity contribution >= 4 is 55.8 Å². The second-order valence-electron chi connectivity index (χ2n) is 4.31. The molecule has 0 aliphatic rings. The number of rotatable bonds is 3. The number of hydrogen-bond donors (Lipinski definition) is 1. The minimum absolute atomic E-state index is 0.137. The van der Waals surface area contributed by atoms with Crippen molar-refractivity contribution in [3.63, 3.8) is 0 Å². The SMILES string of the molecule is Cc1cc(I)ccc1NC(=O)c1cccc([N+](=O)[O-])c1Br. The Hall–Kier alpha value is -1.48. The molecule has 1 amide bonds. The highest BCUT2D eigenvalue weighted by atomic mass is 127. The second-order valence-corrected chi connectivity index (χ2v) is 6.35. The molecule has 0 unspecified atom stereocenters. The van der Waals surface area contributed by atoms with Crippen LogP contribution in [-0.4, -0.2) is 10.8 Å². The summed E-state index contributed by atoms with van der Waals surface area (Å²) in [5.41, 5.74) is 1.69. The Kier molecular flexibility index (Phi) is 4.94. The Morgan fingerprint density at radius 2 is 2.05 bits per heavy atom. The van der Waals surface area contributed by atoms with Gasteiger partial charge in [-0.2, -0.15) is 0 Å². The molecule has 0 aliphatic heterocycles. The summed E-state index contributed by atoms with van der Waals surface area (Å²) in [5, 5.41) is 13.7. The van der Waals surface area contributed by atoms with Crippen LogP contribution in [0.1, 0.15) is 15.9 Å². The molecule has 2 aromatic rings. The summed E-state index contributed by atoms with van der Waals surface area (Å²) < 4.78 is 1.25. The first-order valence-electron chi connectivity index (χ1n) is 5.90. The molecular formula is C14H10BrIN2O3. The highest BCUT2D eigenvalue weighted by molar-refractivity contribution is 14.1. The monoisotopic (exact) mass is 460 g/mol. The molecule has 0 atom stereocenters. The standard InChI is InChI=1S/C14H10BrIN2O3/c1-8-7-9(16)5-6-11(8)17-14(19)10-3-2-4-12(13(10)15)18(20)21/h2-7H,1H3,(H,17,19). The quantitative estimate of drug-likeness (QED) is 0.415. The Balaban J connectivity index is 2.33. The number of nitro benzene ring substituents is 1. The maximum Gasteiger partial charge on any atom is 0.284 e. The summed E-state index contributed by atoms with van der Waals surface area (Å²) in [7, 11) is 0. The van der Waals surface area contributed by atoms with E-state index in [0.717, 1.165) is 9.13 Å². The molecule has 0 saturated carbocycles. The number of carbonyl (C=O) groups excluding carboxylic acids is 1. The molecule has 0 spiro atoms. The van der Waals surface area contributed by atoms with Crippen molar-refractivity contribution in [1.29, 1.82) is 0 Å². The minimum atomic E-state index is -0.531. The normalized spacial score (nSPS) is 10.2. The van der Waals surface area contributed by atoms with Gasteiger partial charge < -0.3 is 5.32 Å². The number of halogens is 2. The first kappa shape index (κ1) is 15.9. The van der Waals surface area contributed by atoms with Crippen LogP contribution >= 0.6 is 38.5 Å². The third-order valence-electron chi connectivity index (χ3n) is 2.86. The van der Waals surface area contributed by atoms with Gasteiger partial charge in [-0.1, -0.05) is 6.07 Å². The first-order chi connectivity index (χ1) is 9.90. The Morgan fingerprint density at radius 3 is 2.67 bits per heavy atom. The average Bonchev–Trinajstić information content (AvgIpc) is 2.41. The average molecular weight is 461 g/mol. The lowest BCUT2D eigenvalue weighted by Gasteiger charge is -2.10. The van der Waals surface area contributed by atoms with Crippen molar-refractivity contribution in [3.8, 4) is 0 Å². The summed E-state index contributed by atoms with van der Waals surface area (Å²) in [6.07, 6.45) is 0. The van der Waals surface area contributed by atoms with Gasteiger partial charge in [-0.15, -0.1) is 0 Å². The molecular weight excluding hydrogens is 451 g/mol. The van der Waals surface area contributed by atoms with Crippen LogP contribution in [0.2, 0.25) is 0 Å². The molecule has 0 bridgehead atoms. The highest BCUT2D eigenvalue weighted by Crippen LogP contribution is 2.29. The van der Waals surface area contributed by atoms with Gasteiger partial charge in [-0.05, 0) is 75.3 Å². The summed E-state index contributed by atoms with van der Waals surface area (Å²) >= 11 is 5.31. The van der Waals surface area contributed by atoms with E-state index in [1.807, 2.05) is 19.1 Å². The topological polar surface area (TPSA) is 72.2 Å². The van der Waals surface area contributed by atoms with Gasteiger partial charge in [-0.25, -0.2) is 0 Å². The highest BCUT2D eigenvalue weighted by Gasteiger charge is 2.19. The Labute approximate surface area is 143 Å². The summed E-state index contributed by atoms with van der Waals surface area (Å²) in [4.78, 5) is 22.6. The lowest BCUT2D eigenvalue weighted by molar-refractivity contribution is -0.385. The van der Waals surface area contributed by atoms with E-state index < -0.39 is 10.8 Å². The molecule has 5 nitrogen and oxygen atoms in total. The van der Waals surface area contributed by atoms with Crippen LogP contribution in [0.15, 0.2) is 40.9 Å². The van der Waals surface area contributed by atoms with Crippen molar-refractivity contribution < 1.29 is 9.72 Å². The van der Waals surface area contributed by atoms with E-state index in [9.17, 15) is 14.9 Å². The predicted molar refractivity (Wildman–Crippen MR) is 92.6 cm³/mol. The zero-order chi connectivity index (χ0) is 15.6. The van der Waals surface area contributed by atoms with E-state index in [1.165, 1.54) is 18.2 Å². The van der Waals surface area contributed by atoms with E-state index in [2.05, 4.69) is 43.8 Å². The van der Waals surface area contributed by atoms with Crippen LogP contribution in [0.25, 0.3) is 0 Å². The van der Waals surface area contributed by atoms with Crippen molar-refractivity contribution in [2.75, 3.05) is 5.32 Å². The van der Waals surface area contributed by atoms with E-state index in [0.29, 0.717) is 5.69 Å². The van der Waals surface area contributed by atoms with E-state index in [4.69, 9.17) is 0 Å². The molecule has 1 N–H and O–H groups in total. The van der Waals surface area contributed by atoms with Gasteiger partial charge in [0, 0.05) is 15.3 Å². The molecule has 7 heteroatoms. The number of nitrogens with one attached hydrogen (secondary N) is 1. The Morgan fingerprint density at radius 1 is 1.33 bits per heavy atom. The fraction of sp³-hybridized carbons (Fsp3) is 0.0714. The molecule has 2 rings (SSSR count). The van der Waals surface area contributed by atoms with Crippen LogP contribution in [0, 0.1) is 20.6 Å². The first-order valence-corrected chi connectivity index (χ1v) is 7.77. The maximum absolute atomic E-state index is 12.3. The molecule has 0 aromatic heterocycles. The number of nitrogens with zero attached hydrogens (tertiary/aromatic N) is 1. The molecule has 0 aliphatic carbocycles. The van der Waals surface area contributed by atoms with Gasteiger partial charge in [0.2, 0.25) is 0 Å². The van der Waals surface area contributed by atoms with Crippen LogP contribution in [-0.2, 0) is 0 Å². The fourth-order valence-electron chi connectivity index (χ4n) is 1.79. The van der Waals surface area contributed by atoms with Gasteiger partial charge in [-0.3, -0.25) is 14.9 Å². The number of amides is 1. The van der Waals surface area contributed by atoms with Crippen LogP contribution in [0.4, 0.5) is 11.4 Å². The largest absolute Gasteiger partial charge is 0.322 e. The van der Waals surface area contributed by atoms with Crippen LogP contribution in [0.3, 0.4) is 0 Å². The molecule has 2 aromatic carbocycles. The summed E-state index contributed by atoms with van der Waals surface area (Å²) in [6.45, 7) is 1.89. The number of carbonyl (C=O) groups is 1. The number of aryl methyl sites for hydroxylation is 1. The minimum Gasteiger partial charge on any atom is -0.322 e. The van der Waals surface area contributed by atoms with Gasteiger partial charge in [0.05, 0.1) is 10.5 Å². The fourth-order valence-corrected chi connectivity index (χ4v) is 3.03. The predicted octanol–water partition coefficient (Wildman–Crippen LogP) is 4.52. The van der Waals surface area contributed by atoms with Gasteiger partial charge >= 0.3 is 0 Å². The number of hydrogen-bond acceptors (Lipinski definition) is 3. The molecule has 21 heavy (non-hydrogen) atoms.